The van der Waals surface area contributed by atoms with Crippen LogP contribution in [0.3, 0.4) is 0 Å². The summed E-state index contributed by atoms with van der Waals surface area (Å²) in [6.07, 6.45) is 3.04. The molecule has 0 saturated carbocycles. The predicted molar refractivity (Wildman–Crippen MR) is 97.2 cm³/mol. The van der Waals surface area contributed by atoms with E-state index in [1.165, 1.54) is 33.3 Å². The molecule has 0 heterocycles. The lowest BCUT2D eigenvalue weighted by Crippen LogP contribution is -2.08. The minimum absolute atomic E-state index is 0.0816. The Morgan fingerprint density at radius 2 is 1.46 bits per heavy atom. The molecule has 0 unspecified atom stereocenters. The zero-order chi connectivity index (χ0) is 19.1. The van der Waals surface area contributed by atoms with Gasteiger partial charge in [-0.1, -0.05) is 18.2 Å². The van der Waals surface area contributed by atoms with Gasteiger partial charge in [-0.05, 0) is 23.8 Å². The number of esters is 1. The second-order valence-corrected chi connectivity index (χ2v) is 5.27. The first kappa shape index (κ1) is 19.1. The normalized spacial score (nSPS) is 10.5. The first-order valence-corrected chi connectivity index (χ1v) is 7.79. The molecule has 0 aliphatic heterocycles. The Morgan fingerprint density at radius 1 is 0.846 bits per heavy atom. The number of benzene rings is 2. The van der Waals surface area contributed by atoms with E-state index in [9.17, 15) is 9.59 Å². The molecule has 0 spiro atoms. The summed E-state index contributed by atoms with van der Waals surface area (Å²) >= 11 is 0. The van der Waals surface area contributed by atoms with Gasteiger partial charge in [-0.15, -0.1) is 0 Å². The van der Waals surface area contributed by atoms with Crippen LogP contribution in [0, 0.1) is 0 Å². The molecule has 0 saturated heterocycles. The van der Waals surface area contributed by atoms with Crippen LogP contribution in [-0.4, -0.2) is 33.1 Å². The zero-order valence-corrected chi connectivity index (χ0v) is 15.1. The van der Waals surface area contributed by atoms with E-state index in [-0.39, 0.29) is 22.8 Å². The molecule has 136 valence electrons. The smallest absolute Gasteiger partial charge is 0.308 e. The van der Waals surface area contributed by atoms with Crippen molar-refractivity contribution in [2.24, 2.45) is 0 Å². The van der Waals surface area contributed by atoms with Gasteiger partial charge in [0.2, 0.25) is 0 Å². The molecule has 2 aromatic rings. The molecule has 0 aromatic heterocycles. The summed E-state index contributed by atoms with van der Waals surface area (Å²) in [6, 6.07) is 10.3. The Bertz CT molecular complexity index is 821. The monoisotopic (exact) mass is 356 g/mol. The Hall–Kier alpha value is -3.28. The van der Waals surface area contributed by atoms with Crippen LogP contribution in [0.5, 0.6) is 23.0 Å². The number of allylic oxidation sites excluding steroid dienone is 1. The molecular formula is C20H20O6. The number of ketones is 1. The van der Waals surface area contributed by atoms with Gasteiger partial charge in [-0.3, -0.25) is 9.59 Å². The summed E-state index contributed by atoms with van der Waals surface area (Å²) in [7, 11) is 4.48. The lowest BCUT2D eigenvalue weighted by atomic mass is 10.1. The third kappa shape index (κ3) is 4.63. The number of rotatable bonds is 7. The lowest BCUT2D eigenvalue weighted by Gasteiger charge is -2.13. The zero-order valence-electron chi connectivity index (χ0n) is 15.1. The van der Waals surface area contributed by atoms with Gasteiger partial charge in [0.05, 0.1) is 21.3 Å². The van der Waals surface area contributed by atoms with Crippen LogP contribution < -0.4 is 18.9 Å². The number of hydrogen-bond donors (Lipinski definition) is 0. The Labute approximate surface area is 151 Å². The molecule has 2 rings (SSSR count). The van der Waals surface area contributed by atoms with Crippen LogP contribution in [0.25, 0.3) is 6.08 Å². The van der Waals surface area contributed by atoms with Crippen LogP contribution in [-0.2, 0) is 4.79 Å². The number of hydrogen-bond acceptors (Lipinski definition) is 6. The van der Waals surface area contributed by atoms with Crippen molar-refractivity contribution in [3.05, 3.63) is 53.6 Å². The van der Waals surface area contributed by atoms with E-state index in [1.54, 1.807) is 31.4 Å². The molecular weight excluding hydrogens is 336 g/mol. The molecule has 6 nitrogen and oxygen atoms in total. The van der Waals surface area contributed by atoms with E-state index >= 15 is 0 Å². The summed E-state index contributed by atoms with van der Waals surface area (Å²) in [6.45, 7) is 1.26. The van der Waals surface area contributed by atoms with Crippen LogP contribution in [0.15, 0.2) is 42.5 Å². The Morgan fingerprint density at radius 3 is 2.00 bits per heavy atom. The van der Waals surface area contributed by atoms with Crippen molar-refractivity contribution in [1.29, 1.82) is 0 Å². The van der Waals surface area contributed by atoms with Crippen molar-refractivity contribution in [2.75, 3.05) is 21.3 Å². The van der Waals surface area contributed by atoms with E-state index in [0.29, 0.717) is 5.75 Å². The molecule has 0 aliphatic carbocycles. The third-order valence-electron chi connectivity index (χ3n) is 3.54. The molecule has 0 aliphatic rings. The fourth-order valence-corrected chi connectivity index (χ4v) is 2.29. The largest absolute Gasteiger partial charge is 0.497 e. The third-order valence-corrected chi connectivity index (χ3v) is 3.54. The van der Waals surface area contributed by atoms with Crippen molar-refractivity contribution in [3.63, 3.8) is 0 Å². The van der Waals surface area contributed by atoms with Crippen molar-refractivity contribution < 1.29 is 28.5 Å². The van der Waals surface area contributed by atoms with Crippen molar-refractivity contribution in [2.45, 2.75) is 6.92 Å². The van der Waals surface area contributed by atoms with Crippen molar-refractivity contribution in [1.82, 2.24) is 0 Å². The average Bonchev–Trinajstić information content (AvgIpc) is 2.65. The molecule has 0 fully saturated rings. The summed E-state index contributed by atoms with van der Waals surface area (Å²) in [5, 5.41) is 0. The topological polar surface area (TPSA) is 71.1 Å². The van der Waals surface area contributed by atoms with Crippen LogP contribution in [0.2, 0.25) is 0 Å². The molecule has 0 radical (unpaired) electrons. The van der Waals surface area contributed by atoms with Gasteiger partial charge in [-0.2, -0.15) is 0 Å². The van der Waals surface area contributed by atoms with Gasteiger partial charge in [-0.25, -0.2) is 0 Å². The van der Waals surface area contributed by atoms with E-state index < -0.39 is 5.97 Å². The minimum atomic E-state index is -0.548. The SMILES string of the molecule is COc1ccc(C=CC(=O)c2c(OC)cc(OC)cc2OC(C)=O)cc1. The quantitative estimate of drug-likeness (QED) is 0.327. The summed E-state index contributed by atoms with van der Waals surface area (Å²) < 4.78 is 20.7. The molecule has 2 aromatic carbocycles. The first-order valence-electron chi connectivity index (χ1n) is 7.79. The first-order chi connectivity index (χ1) is 12.5. The second-order valence-electron chi connectivity index (χ2n) is 5.27. The van der Waals surface area contributed by atoms with Crippen LogP contribution in [0.4, 0.5) is 0 Å². The van der Waals surface area contributed by atoms with E-state index in [1.807, 2.05) is 12.1 Å². The van der Waals surface area contributed by atoms with Crippen molar-refractivity contribution in [3.8, 4) is 23.0 Å². The average molecular weight is 356 g/mol. The molecule has 0 amide bonds. The fourth-order valence-electron chi connectivity index (χ4n) is 2.29. The Kier molecular flexibility index (Phi) is 6.38. The fraction of sp³-hybridized carbons (Fsp3) is 0.200. The maximum absolute atomic E-state index is 12.7. The van der Waals surface area contributed by atoms with Gasteiger partial charge in [0.15, 0.2) is 5.78 Å². The van der Waals surface area contributed by atoms with Crippen LogP contribution in [0.1, 0.15) is 22.8 Å². The number of methoxy groups -OCH3 is 3. The molecule has 0 atom stereocenters. The summed E-state index contributed by atoms with van der Waals surface area (Å²) in [5.74, 6) is 0.560. The Balaban J connectivity index is 2.38. The van der Waals surface area contributed by atoms with Gasteiger partial charge in [0, 0.05) is 19.1 Å². The van der Waals surface area contributed by atoms with E-state index in [4.69, 9.17) is 18.9 Å². The van der Waals surface area contributed by atoms with Crippen molar-refractivity contribution >= 4 is 17.8 Å². The standard InChI is InChI=1S/C20H20O6/c1-13(21)26-19-12-16(24-3)11-18(25-4)20(19)17(22)10-7-14-5-8-15(23-2)9-6-14/h5-12H,1-4H3. The van der Waals surface area contributed by atoms with E-state index in [0.717, 1.165) is 11.3 Å². The number of carbonyl (C=O) groups excluding carboxylic acids is 2. The minimum Gasteiger partial charge on any atom is -0.497 e. The highest BCUT2D eigenvalue weighted by Crippen LogP contribution is 2.35. The van der Waals surface area contributed by atoms with Gasteiger partial charge in [0.25, 0.3) is 0 Å². The summed E-state index contributed by atoms with van der Waals surface area (Å²) in [5.41, 5.74) is 0.967. The molecule has 26 heavy (non-hydrogen) atoms. The number of ether oxygens (including phenoxy) is 4. The highest BCUT2D eigenvalue weighted by molar-refractivity contribution is 6.11. The summed E-state index contributed by atoms with van der Waals surface area (Å²) in [4.78, 5) is 24.1. The van der Waals surface area contributed by atoms with Gasteiger partial charge in [0.1, 0.15) is 28.6 Å². The molecule has 0 bridgehead atoms. The highest BCUT2D eigenvalue weighted by atomic mass is 16.5. The van der Waals surface area contributed by atoms with Gasteiger partial charge < -0.3 is 18.9 Å². The lowest BCUT2D eigenvalue weighted by molar-refractivity contribution is -0.131. The molecule has 0 N–H and O–H groups in total. The predicted octanol–water partition coefficient (Wildman–Crippen LogP) is 3.53. The number of carbonyl (C=O) groups is 2. The molecule has 6 heteroatoms. The van der Waals surface area contributed by atoms with E-state index in [2.05, 4.69) is 0 Å². The maximum Gasteiger partial charge on any atom is 0.308 e. The van der Waals surface area contributed by atoms with Gasteiger partial charge >= 0.3 is 5.97 Å². The van der Waals surface area contributed by atoms with Crippen LogP contribution >= 0.6 is 0 Å². The highest BCUT2D eigenvalue weighted by Gasteiger charge is 2.20. The second kappa shape index (κ2) is 8.71. The maximum atomic E-state index is 12.7.